The maximum atomic E-state index is 12.2. The van der Waals surface area contributed by atoms with Crippen molar-refractivity contribution in [2.24, 2.45) is 0 Å². The third-order valence-electron chi connectivity index (χ3n) is 3.54. The van der Waals surface area contributed by atoms with Crippen molar-refractivity contribution in [2.45, 2.75) is 18.2 Å². The Bertz CT molecular complexity index is 919. The summed E-state index contributed by atoms with van der Waals surface area (Å²) in [5.74, 6) is -0.150. The fourth-order valence-corrected chi connectivity index (χ4v) is 4.03. The van der Waals surface area contributed by atoms with Gasteiger partial charge in [-0.25, -0.2) is 4.98 Å². The number of hydrogen-bond donors (Lipinski definition) is 1. The summed E-state index contributed by atoms with van der Waals surface area (Å²) in [4.78, 5) is 29.0. The maximum absolute atomic E-state index is 12.2. The number of amides is 1. The molecule has 0 bridgehead atoms. The van der Waals surface area contributed by atoms with E-state index in [1.54, 1.807) is 12.3 Å². The van der Waals surface area contributed by atoms with E-state index >= 15 is 0 Å². The summed E-state index contributed by atoms with van der Waals surface area (Å²) in [5.41, 5.74) is 0.602. The Kier molecular flexibility index (Phi) is 6.25. The minimum absolute atomic E-state index is 0.116. The highest BCUT2D eigenvalue weighted by Gasteiger charge is 2.11. The predicted octanol–water partition coefficient (Wildman–Crippen LogP) is 4.13. The minimum atomic E-state index is -0.317. The minimum Gasteiger partial charge on any atom is -0.466 e. The molecule has 0 aliphatic carbocycles. The lowest BCUT2D eigenvalue weighted by molar-refractivity contribution is -0.142. The summed E-state index contributed by atoms with van der Waals surface area (Å²) < 4.78 is 4.89. The lowest BCUT2D eigenvalue weighted by atomic mass is 10.1. The lowest BCUT2D eigenvalue weighted by Gasteiger charge is -2.06. The zero-order chi connectivity index (χ0) is 18.4. The number of fused-ring (bicyclic) bond motifs is 1. The van der Waals surface area contributed by atoms with E-state index in [0.717, 1.165) is 15.7 Å². The molecule has 0 saturated heterocycles. The molecule has 1 N–H and O–H groups in total. The summed E-state index contributed by atoms with van der Waals surface area (Å²) in [6.45, 7) is 2.11. The van der Waals surface area contributed by atoms with Crippen molar-refractivity contribution in [2.75, 3.05) is 17.7 Å². The maximum Gasteiger partial charge on any atom is 0.311 e. The van der Waals surface area contributed by atoms with Crippen molar-refractivity contribution in [1.82, 2.24) is 4.98 Å². The molecule has 3 rings (SSSR count). The Hall–Kier alpha value is -2.38. The van der Waals surface area contributed by atoms with Crippen LogP contribution in [0, 0.1) is 0 Å². The SMILES string of the molecule is CCOC(=O)Cc1csc(NC(=O)CSc2cccc3ccccc23)n1. The molecule has 0 spiro atoms. The van der Waals surface area contributed by atoms with E-state index in [4.69, 9.17) is 4.74 Å². The van der Waals surface area contributed by atoms with Crippen LogP contribution in [0.2, 0.25) is 0 Å². The number of ether oxygens (including phenoxy) is 1. The number of benzene rings is 2. The number of aromatic nitrogens is 1. The molecule has 0 saturated carbocycles. The van der Waals surface area contributed by atoms with Crippen LogP contribution in [0.3, 0.4) is 0 Å². The van der Waals surface area contributed by atoms with Crippen molar-refractivity contribution in [3.63, 3.8) is 0 Å². The van der Waals surface area contributed by atoms with Crippen LogP contribution >= 0.6 is 23.1 Å². The first-order valence-electron chi connectivity index (χ1n) is 8.16. The average molecular weight is 386 g/mol. The second-order valence-corrected chi connectivity index (χ2v) is 7.32. The van der Waals surface area contributed by atoms with Crippen LogP contribution in [0.1, 0.15) is 12.6 Å². The molecule has 1 aromatic heterocycles. The topological polar surface area (TPSA) is 68.3 Å². The molecular weight excluding hydrogens is 368 g/mol. The number of thiazole rings is 1. The molecule has 2 aromatic carbocycles. The van der Waals surface area contributed by atoms with Gasteiger partial charge in [0.25, 0.3) is 0 Å². The standard InChI is InChI=1S/C19H18N2O3S2/c1-2-24-18(23)10-14-11-26-19(20-14)21-17(22)12-25-16-9-5-7-13-6-3-4-8-15(13)16/h3-9,11H,2,10,12H2,1H3,(H,20,21,22). The van der Waals surface area contributed by atoms with Gasteiger partial charge in [0, 0.05) is 10.3 Å². The van der Waals surface area contributed by atoms with E-state index in [0.29, 0.717) is 23.2 Å². The number of carbonyl (C=O) groups is 2. The van der Waals surface area contributed by atoms with Crippen molar-refractivity contribution < 1.29 is 14.3 Å². The number of carbonyl (C=O) groups excluding carboxylic acids is 2. The van der Waals surface area contributed by atoms with E-state index in [2.05, 4.69) is 28.5 Å². The molecule has 0 atom stereocenters. The Balaban J connectivity index is 1.56. The van der Waals surface area contributed by atoms with Gasteiger partial charge in [0.1, 0.15) is 0 Å². The van der Waals surface area contributed by atoms with E-state index < -0.39 is 0 Å². The Morgan fingerprint density at radius 2 is 2.00 bits per heavy atom. The van der Waals surface area contributed by atoms with Crippen LogP contribution in [-0.2, 0) is 20.7 Å². The van der Waals surface area contributed by atoms with Gasteiger partial charge in [0.2, 0.25) is 5.91 Å². The van der Waals surface area contributed by atoms with E-state index in [-0.39, 0.29) is 18.3 Å². The van der Waals surface area contributed by atoms with Gasteiger partial charge in [-0.2, -0.15) is 0 Å². The molecule has 3 aromatic rings. The smallest absolute Gasteiger partial charge is 0.311 e. The van der Waals surface area contributed by atoms with Crippen LogP contribution in [0.4, 0.5) is 5.13 Å². The van der Waals surface area contributed by atoms with E-state index in [1.165, 1.54) is 23.1 Å². The summed E-state index contributed by atoms with van der Waals surface area (Å²) in [6.07, 6.45) is 0.116. The van der Waals surface area contributed by atoms with Gasteiger partial charge in [-0.1, -0.05) is 36.4 Å². The van der Waals surface area contributed by atoms with Crippen LogP contribution in [-0.4, -0.2) is 29.2 Å². The fourth-order valence-electron chi connectivity index (χ4n) is 2.43. The van der Waals surface area contributed by atoms with Gasteiger partial charge in [0.15, 0.2) is 5.13 Å². The Morgan fingerprint density at radius 3 is 2.85 bits per heavy atom. The first kappa shape index (κ1) is 18.4. The molecule has 26 heavy (non-hydrogen) atoms. The third-order valence-corrected chi connectivity index (χ3v) is 5.42. The van der Waals surface area contributed by atoms with Crippen LogP contribution in [0.25, 0.3) is 10.8 Å². The van der Waals surface area contributed by atoms with Crippen LogP contribution in [0.15, 0.2) is 52.7 Å². The highest BCUT2D eigenvalue weighted by Crippen LogP contribution is 2.28. The number of anilines is 1. The zero-order valence-corrected chi connectivity index (χ0v) is 15.9. The van der Waals surface area contributed by atoms with Crippen LogP contribution in [0.5, 0.6) is 0 Å². The zero-order valence-electron chi connectivity index (χ0n) is 14.2. The summed E-state index contributed by atoms with van der Waals surface area (Å²) in [7, 11) is 0. The van der Waals surface area contributed by atoms with Crippen molar-refractivity contribution >= 4 is 50.9 Å². The summed E-state index contributed by atoms with van der Waals surface area (Å²) in [5, 5.41) is 7.32. The Morgan fingerprint density at radius 1 is 1.19 bits per heavy atom. The highest BCUT2D eigenvalue weighted by molar-refractivity contribution is 8.00. The van der Waals surface area contributed by atoms with Gasteiger partial charge in [0.05, 0.1) is 24.5 Å². The molecule has 7 heteroatoms. The van der Waals surface area contributed by atoms with Gasteiger partial charge in [-0.05, 0) is 23.8 Å². The van der Waals surface area contributed by atoms with Crippen molar-refractivity contribution in [3.8, 4) is 0 Å². The van der Waals surface area contributed by atoms with E-state index in [1.807, 2.05) is 24.3 Å². The van der Waals surface area contributed by atoms with Gasteiger partial charge < -0.3 is 10.1 Å². The second-order valence-electron chi connectivity index (χ2n) is 5.44. The molecule has 0 unspecified atom stereocenters. The highest BCUT2D eigenvalue weighted by atomic mass is 32.2. The first-order valence-corrected chi connectivity index (χ1v) is 10.0. The number of rotatable bonds is 7. The normalized spacial score (nSPS) is 10.7. The monoisotopic (exact) mass is 386 g/mol. The molecule has 1 heterocycles. The lowest BCUT2D eigenvalue weighted by Crippen LogP contribution is -2.14. The third kappa shape index (κ3) is 4.83. The van der Waals surface area contributed by atoms with Gasteiger partial charge in [-0.3, -0.25) is 9.59 Å². The summed E-state index contributed by atoms with van der Waals surface area (Å²) >= 11 is 2.79. The molecule has 1 amide bonds. The van der Waals surface area contributed by atoms with Crippen molar-refractivity contribution in [3.05, 3.63) is 53.5 Å². The largest absolute Gasteiger partial charge is 0.466 e. The molecule has 0 aliphatic rings. The molecule has 134 valence electrons. The van der Waals surface area contributed by atoms with Crippen LogP contribution < -0.4 is 5.32 Å². The van der Waals surface area contributed by atoms with Crippen molar-refractivity contribution in [1.29, 1.82) is 0 Å². The predicted molar refractivity (Wildman–Crippen MR) is 106 cm³/mol. The number of thioether (sulfide) groups is 1. The Labute approximate surface area is 159 Å². The number of hydrogen-bond acceptors (Lipinski definition) is 6. The number of esters is 1. The first-order chi connectivity index (χ1) is 12.7. The van der Waals surface area contributed by atoms with Gasteiger partial charge in [-0.15, -0.1) is 23.1 Å². The molecule has 0 fully saturated rings. The number of nitrogens with one attached hydrogen (secondary N) is 1. The molecule has 0 aliphatic heterocycles. The quantitative estimate of drug-likeness (QED) is 0.488. The second kappa shape index (κ2) is 8.82. The molecular formula is C19H18N2O3S2. The summed E-state index contributed by atoms with van der Waals surface area (Å²) in [6, 6.07) is 14.2. The number of nitrogens with zero attached hydrogens (tertiary/aromatic N) is 1. The fraction of sp³-hybridized carbons (Fsp3) is 0.211. The average Bonchev–Trinajstić information content (AvgIpc) is 3.06. The van der Waals surface area contributed by atoms with E-state index in [9.17, 15) is 9.59 Å². The molecule has 5 nitrogen and oxygen atoms in total. The molecule has 0 radical (unpaired) electrons. The van der Waals surface area contributed by atoms with Gasteiger partial charge >= 0.3 is 5.97 Å².